The Balaban J connectivity index is 1.71. The molecule has 8 heteroatoms. The van der Waals surface area contributed by atoms with Crippen LogP contribution in [0.15, 0.2) is 65.8 Å². The van der Waals surface area contributed by atoms with E-state index in [9.17, 15) is 9.59 Å². The fourth-order valence-corrected chi connectivity index (χ4v) is 2.93. The van der Waals surface area contributed by atoms with Crippen LogP contribution in [-0.4, -0.2) is 25.3 Å². The van der Waals surface area contributed by atoms with Crippen LogP contribution in [-0.2, 0) is 0 Å². The van der Waals surface area contributed by atoms with Crippen molar-refractivity contribution >= 4 is 28.5 Å². The molecule has 4 aromatic rings. The molecule has 1 amide bonds. The van der Waals surface area contributed by atoms with Crippen molar-refractivity contribution in [3.63, 3.8) is 0 Å². The molecule has 134 valence electrons. The molecular weight excluding hydrogens is 366 g/mol. The summed E-state index contributed by atoms with van der Waals surface area (Å²) in [7, 11) is 0. The van der Waals surface area contributed by atoms with Crippen molar-refractivity contribution in [1.29, 1.82) is 0 Å². The van der Waals surface area contributed by atoms with Crippen LogP contribution >= 0.6 is 11.6 Å². The van der Waals surface area contributed by atoms with Crippen LogP contribution in [0.3, 0.4) is 0 Å². The summed E-state index contributed by atoms with van der Waals surface area (Å²) in [5.41, 5.74) is 4.60. The molecule has 0 spiro atoms. The Bertz CT molecular complexity index is 1230. The highest BCUT2D eigenvalue weighted by molar-refractivity contribution is 6.30. The van der Waals surface area contributed by atoms with Crippen LogP contribution in [0.5, 0.6) is 0 Å². The maximum absolute atomic E-state index is 12.7. The average Bonchev–Trinajstić information content (AvgIpc) is 3.09. The first-order valence-electron chi connectivity index (χ1n) is 8.12. The lowest BCUT2D eigenvalue weighted by Gasteiger charge is -2.08. The molecule has 0 aliphatic heterocycles. The number of aryl methyl sites for hydroxylation is 1. The highest BCUT2D eigenvalue weighted by Gasteiger charge is 2.13. The van der Waals surface area contributed by atoms with E-state index in [0.717, 1.165) is 10.2 Å². The molecule has 0 unspecified atom stereocenters. The molecule has 0 saturated carbocycles. The van der Waals surface area contributed by atoms with Gasteiger partial charge >= 0.3 is 0 Å². The normalized spacial score (nSPS) is 10.9. The molecule has 7 nitrogen and oxygen atoms in total. The van der Waals surface area contributed by atoms with Gasteiger partial charge in [-0.05, 0) is 37.3 Å². The Kier molecular flexibility index (Phi) is 4.21. The van der Waals surface area contributed by atoms with E-state index >= 15 is 0 Å². The number of amides is 1. The van der Waals surface area contributed by atoms with Crippen LogP contribution in [0.4, 0.5) is 0 Å². The van der Waals surface area contributed by atoms with Gasteiger partial charge in [0.2, 0.25) is 0 Å². The van der Waals surface area contributed by atoms with E-state index in [2.05, 4.69) is 15.5 Å². The van der Waals surface area contributed by atoms with Crippen molar-refractivity contribution in [3.05, 3.63) is 87.6 Å². The molecule has 1 N–H and O–H groups in total. The number of nitrogens with zero attached hydrogens (tertiary/aromatic N) is 4. The van der Waals surface area contributed by atoms with Crippen molar-refractivity contribution in [2.75, 3.05) is 5.43 Å². The van der Waals surface area contributed by atoms with Gasteiger partial charge in [-0.3, -0.25) is 15.0 Å². The Morgan fingerprint density at radius 1 is 1.15 bits per heavy atom. The van der Waals surface area contributed by atoms with E-state index in [-0.39, 0.29) is 5.39 Å². The van der Waals surface area contributed by atoms with Crippen molar-refractivity contribution in [1.82, 2.24) is 19.4 Å². The summed E-state index contributed by atoms with van der Waals surface area (Å²) in [6.45, 7) is 1.89. The van der Waals surface area contributed by atoms with E-state index < -0.39 is 11.5 Å². The number of aromatic nitrogens is 4. The molecule has 0 aliphatic carbocycles. The monoisotopic (exact) mass is 379 g/mol. The summed E-state index contributed by atoms with van der Waals surface area (Å²) in [4.78, 5) is 29.4. The molecule has 2 aromatic heterocycles. The van der Waals surface area contributed by atoms with E-state index in [1.54, 1.807) is 36.4 Å². The Hall–Kier alpha value is -3.45. The maximum atomic E-state index is 12.7. The molecule has 4 rings (SSSR count). The molecule has 0 bridgehead atoms. The smallest absolute Gasteiger partial charge is 0.267 e. The lowest BCUT2D eigenvalue weighted by atomic mass is 10.1. The van der Waals surface area contributed by atoms with Crippen LogP contribution in [0, 0.1) is 6.92 Å². The number of rotatable bonds is 3. The van der Waals surface area contributed by atoms with Gasteiger partial charge < -0.3 is 0 Å². The number of halogens is 1. The van der Waals surface area contributed by atoms with Gasteiger partial charge in [0.05, 0.1) is 11.9 Å². The summed E-state index contributed by atoms with van der Waals surface area (Å²) in [5.74, 6) is -0.399. The van der Waals surface area contributed by atoms with Gasteiger partial charge in [0.15, 0.2) is 5.65 Å². The predicted octanol–water partition coefficient (Wildman–Crippen LogP) is 2.93. The minimum atomic E-state index is -0.422. The van der Waals surface area contributed by atoms with E-state index in [0.29, 0.717) is 21.9 Å². The van der Waals surface area contributed by atoms with E-state index in [1.807, 2.05) is 19.1 Å². The number of benzene rings is 2. The second-order valence-corrected chi connectivity index (χ2v) is 6.44. The van der Waals surface area contributed by atoms with Crippen LogP contribution in [0.2, 0.25) is 5.02 Å². The summed E-state index contributed by atoms with van der Waals surface area (Å²) in [6.07, 6.45) is 2.68. The summed E-state index contributed by atoms with van der Waals surface area (Å²) in [5, 5.41) is 5.06. The standard InChI is InChI=1S/C19H14ClN5O2/c1-12-4-2-5-13(8-12)18(26)23-24-11-21-17-16(19(24)27)10-22-25(17)15-7-3-6-14(20)9-15/h2-11H,1H3,(H,23,26). The quantitative estimate of drug-likeness (QED) is 0.593. The van der Waals surface area contributed by atoms with Crippen LogP contribution < -0.4 is 11.0 Å². The second-order valence-electron chi connectivity index (χ2n) is 6.00. The molecule has 27 heavy (non-hydrogen) atoms. The molecular formula is C19H14ClN5O2. The lowest BCUT2D eigenvalue weighted by molar-refractivity contribution is 0.101. The van der Waals surface area contributed by atoms with Crippen LogP contribution in [0.25, 0.3) is 16.7 Å². The third-order valence-electron chi connectivity index (χ3n) is 4.04. The third kappa shape index (κ3) is 3.20. The number of carbonyl (C=O) groups is 1. The highest BCUT2D eigenvalue weighted by Crippen LogP contribution is 2.17. The number of nitrogens with one attached hydrogen (secondary N) is 1. The van der Waals surface area contributed by atoms with Crippen LogP contribution in [0.1, 0.15) is 15.9 Å². The average molecular weight is 380 g/mol. The zero-order valence-corrected chi connectivity index (χ0v) is 15.0. The largest absolute Gasteiger partial charge is 0.283 e. The molecule has 0 fully saturated rings. The lowest BCUT2D eigenvalue weighted by Crippen LogP contribution is -2.33. The van der Waals surface area contributed by atoms with E-state index in [1.165, 1.54) is 17.2 Å². The zero-order chi connectivity index (χ0) is 19.0. The summed E-state index contributed by atoms with van der Waals surface area (Å²) < 4.78 is 2.58. The zero-order valence-electron chi connectivity index (χ0n) is 14.3. The van der Waals surface area contributed by atoms with E-state index in [4.69, 9.17) is 11.6 Å². The van der Waals surface area contributed by atoms with Crippen molar-refractivity contribution < 1.29 is 4.79 Å². The summed E-state index contributed by atoms with van der Waals surface area (Å²) >= 11 is 6.02. The second kappa shape index (κ2) is 6.69. The molecule has 0 aliphatic rings. The van der Waals surface area contributed by atoms with Crippen molar-refractivity contribution in [2.45, 2.75) is 6.92 Å². The SMILES string of the molecule is Cc1cccc(C(=O)Nn2cnc3c(cnn3-c3cccc(Cl)c3)c2=O)c1. The van der Waals surface area contributed by atoms with Crippen molar-refractivity contribution in [3.8, 4) is 5.69 Å². The predicted molar refractivity (Wildman–Crippen MR) is 103 cm³/mol. The maximum Gasteiger partial charge on any atom is 0.283 e. The van der Waals surface area contributed by atoms with Gasteiger partial charge in [-0.2, -0.15) is 5.10 Å². The highest BCUT2D eigenvalue weighted by atomic mass is 35.5. The van der Waals surface area contributed by atoms with Crippen molar-refractivity contribution in [2.24, 2.45) is 0 Å². The Morgan fingerprint density at radius 2 is 1.96 bits per heavy atom. The Labute approximate surface area is 158 Å². The Morgan fingerprint density at radius 3 is 2.74 bits per heavy atom. The van der Waals surface area contributed by atoms with Gasteiger partial charge in [-0.1, -0.05) is 35.4 Å². The molecule has 0 saturated heterocycles. The molecule has 2 aromatic carbocycles. The first-order chi connectivity index (χ1) is 13.0. The molecule has 0 radical (unpaired) electrons. The fraction of sp³-hybridized carbons (Fsp3) is 0.0526. The first-order valence-corrected chi connectivity index (χ1v) is 8.50. The fourth-order valence-electron chi connectivity index (χ4n) is 2.75. The number of fused-ring (bicyclic) bond motifs is 1. The molecule has 0 atom stereocenters. The number of hydrogen-bond acceptors (Lipinski definition) is 4. The van der Waals surface area contributed by atoms with Gasteiger partial charge in [-0.15, -0.1) is 0 Å². The van der Waals surface area contributed by atoms with Gasteiger partial charge in [0.1, 0.15) is 11.7 Å². The topological polar surface area (TPSA) is 81.8 Å². The minimum Gasteiger partial charge on any atom is -0.267 e. The molecule has 2 heterocycles. The summed E-state index contributed by atoms with van der Waals surface area (Å²) in [6, 6.07) is 14.2. The number of hydrogen-bond donors (Lipinski definition) is 1. The first kappa shape index (κ1) is 17.0. The number of carbonyl (C=O) groups excluding carboxylic acids is 1. The van der Waals surface area contributed by atoms with Gasteiger partial charge in [0, 0.05) is 10.6 Å². The minimum absolute atomic E-state index is 0.280. The third-order valence-corrected chi connectivity index (χ3v) is 4.28. The van der Waals surface area contributed by atoms with Gasteiger partial charge in [0.25, 0.3) is 11.5 Å². The van der Waals surface area contributed by atoms with Gasteiger partial charge in [-0.25, -0.2) is 14.3 Å².